The van der Waals surface area contributed by atoms with Crippen molar-refractivity contribution in [3.05, 3.63) is 34.7 Å². The minimum absolute atomic E-state index is 1.19. The summed E-state index contributed by atoms with van der Waals surface area (Å²) in [6, 6.07) is 6.81. The second kappa shape index (κ2) is 4.79. The number of hydrogen-bond donors (Lipinski definition) is 0. The quantitative estimate of drug-likeness (QED) is 0.684. The van der Waals surface area contributed by atoms with Crippen LogP contribution in [0.4, 0.5) is 0 Å². The molecule has 0 N–H and O–H groups in total. The largest absolute Gasteiger partial charge is 0.306 e. The summed E-state index contributed by atoms with van der Waals surface area (Å²) in [6.45, 7) is 2.44. The van der Waals surface area contributed by atoms with Crippen LogP contribution in [0.3, 0.4) is 0 Å². The van der Waals surface area contributed by atoms with Gasteiger partial charge in [0.2, 0.25) is 0 Å². The zero-order chi connectivity index (χ0) is 11.7. The van der Waals surface area contributed by atoms with Gasteiger partial charge in [-0.15, -0.1) is 11.3 Å². The molecule has 0 atom stereocenters. The molecule has 2 heterocycles. The van der Waals surface area contributed by atoms with Crippen LogP contribution in [0, 0.1) is 0 Å². The number of hydrogen-bond acceptors (Lipinski definition) is 2. The van der Waals surface area contributed by atoms with E-state index in [0.717, 1.165) is 0 Å². The Bertz CT molecular complexity index is 515. The summed E-state index contributed by atoms with van der Waals surface area (Å²) in [5.74, 6) is 0. The van der Waals surface area contributed by atoms with Crippen molar-refractivity contribution in [1.82, 2.24) is 4.90 Å². The van der Waals surface area contributed by atoms with Crippen molar-refractivity contribution in [2.24, 2.45) is 0 Å². The van der Waals surface area contributed by atoms with E-state index in [1.54, 1.807) is 16.5 Å². The van der Waals surface area contributed by atoms with Crippen molar-refractivity contribution in [2.75, 3.05) is 20.1 Å². The molecule has 0 unspecified atom stereocenters. The van der Waals surface area contributed by atoms with Crippen LogP contribution in [0.5, 0.6) is 0 Å². The standard InChI is InChI=1S/C15H19NS/c1-16-9-3-2-5-12-6-4-7-14-15(12)13(8-10-16)11-17-14/h4,6-7,11H,2-3,5,8-10H2,1H3. The summed E-state index contributed by atoms with van der Waals surface area (Å²) in [4.78, 5) is 2.47. The predicted octanol–water partition coefficient (Wildman–Crippen LogP) is 3.71. The average Bonchev–Trinajstić information content (AvgIpc) is 2.76. The smallest absolute Gasteiger partial charge is 0.0348 e. The van der Waals surface area contributed by atoms with E-state index in [0.29, 0.717) is 0 Å². The highest BCUT2D eigenvalue weighted by atomic mass is 32.1. The fourth-order valence-corrected chi connectivity index (χ4v) is 3.79. The number of rotatable bonds is 0. The van der Waals surface area contributed by atoms with Crippen LogP contribution < -0.4 is 0 Å². The first-order valence-corrected chi connectivity index (χ1v) is 7.39. The van der Waals surface area contributed by atoms with Gasteiger partial charge < -0.3 is 4.90 Å². The van der Waals surface area contributed by atoms with Crippen LogP contribution in [0.2, 0.25) is 0 Å². The molecule has 2 aromatic rings. The summed E-state index contributed by atoms with van der Waals surface area (Å²) in [6.07, 6.45) is 5.09. The molecule has 2 heteroatoms. The van der Waals surface area contributed by atoms with E-state index in [2.05, 4.69) is 35.5 Å². The number of nitrogens with zero attached hydrogens (tertiary/aromatic N) is 1. The maximum Gasteiger partial charge on any atom is 0.0348 e. The van der Waals surface area contributed by atoms with E-state index in [1.165, 1.54) is 43.5 Å². The summed E-state index contributed by atoms with van der Waals surface area (Å²) >= 11 is 1.91. The van der Waals surface area contributed by atoms with E-state index in [9.17, 15) is 0 Å². The molecule has 1 nitrogen and oxygen atoms in total. The number of thiophene rings is 1. The van der Waals surface area contributed by atoms with Crippen LogP contribution in [0.1, 0.15) is 24.0 Å². The molecule has 17 heavy (non-hydrogen) atoms. The number of likely N-dealkylation sites (N-methyl/N-ethyl adjacent to an activating group) is 1. The Morgan fingerprint density at radius 2 is 2.00 bits per heavy atom. The maximum absolute atomic E-state index is 2.47. The van der Waals surface area contributed by atoms with Gasteiger partial charge in [0.25, 0.3) is 0 Å². The summed E-state index contributed by atoms with van der Waals surface area (Å²) in [5, 5.41) is 3.93. The van der Waals surface area contributed by atoms with Gasteiger partial charge >= 0.3 is 0 Å². The van der Waals surface area contributed by atoms with E-state index in [1.807, 2.05) is 11.3 Å². The Kier molecular flexibility index (Phi) is 3.17. The van der Waals surface area contributed by atoms with Gasteiger partial charge in [0, 0.05) is 11.2 Å². The Hall–Kier alpha value is -0.860. The van der Waals surface area contributed by atoms with Crippen LogP contribution in [-0.2, 0) is 12.8 Å². The molecule has 1 aliphatic heterocycles. The minimum atomic E-state index is 1.19. The van der Waals surface area contributed by atoms with Crippen LogP contribution >= 0.6 is 11.3 Å². The van der Waals surface area contributed by atoms with Crippen molar-refractivity contribution in [2.45, 2.75) is 25.7 Å². The zero-order valence-corrected chi connectivity index (χ0v) is 11.2. The van der Waals surface area contributed by atoms with Crippen molar-refractivity contribution >= 4 is 21.4 Å². The third kappa shape index (κ3) is 2.24. The molecule has 0 spiro atoms. The number of aryl methyl sites for hydroxylation is 1. The Labute approximate surface area is 107 Å². The molecule has 0 amide bonds. The molecule has 0 saturated carbocycles. The first kappa shape index (κ1) is 11.2. The van der Waals surface area contributed by atoms with Gasteiger partial charge in [0.1, 0.15) is 0 Å². The zero-order valence-electron chi connectivity index (χ0n) is 10.4. The third-order valence-corrected chi connectivity index (χ3v) is 4.76. The molecule has 90 valence electrons. The molecule has 0 bridgehead atoms. The SMILES string of the molecule is CN1CCCCc2cccc3scc(c23)CC1. The van der Waals surface area contributed by atoms with E-state index in [-0.39, 0.29) is 0 Å². The molecular weight excluding hydrogens is 226 g/mol. The summed E-state index contributed by atoms with van der Waals surface area (Å²) in [7, 11) is 2.25. The molecular formula is C15H19NS. The lowest BCUT2D eigenvalue weighted by Crippen LogP contribution is -2.23. The molecule has 1 aromatic carbocycles. The molecule has 1 aliphatic rings. The molecule has 0 fully saturated rings. The first-order valence-electron chi connectivity index (χ1n) is 6.51. The van der Waals surface area contributed by atoms with Gasteiger partial charge in [-0.3, -0.25) is 0 Å². The average molecular weight is 245 g/mol. The van der Waals surface area contributed by atoms with Crippen LogP contribution in [0.25, 0.3) is 10.1 Å². The van der Waals surface area contributed by atoms with Gasteiger partial charge in [0.15, 0.2) is 0 Å². The topological polar surface area (TPSA) is 3.24 Å². The first-order chi connectivity index (χ1) is 8.34. The Morgan fingerprint density at radius 3 is 2.94 bits per heavy atom. The Balaban J connectivity index is 2.05. The van der Waals surface area contributed by atoms with Crippen molar-refractivity contribution in [3.8, 4) is 0 Å². The Morgan fingerprint density at radius 1 is 1.06 bits per heavy atom. The van der Waals surface area contributed by atoms with Crippen molar-refractivity contribution in [1.29, 1.82) is 0 Å². The fraction of sp³-hybridized carbons (Fsp3) is 0.467. The molecule has 0 aliphatic carbocycles. The minimum Gasteiger partial charge on any atom is -0.306 e. The van der Waals surface area contributed by atoms with Gasteiger partial charge in [0.05, 0.1) is 0 Å². The maximum atomic E-state index is 2.47. The van der Waals surface area contributed by atoms with Crippen molar-refractivity contribution < 1.29 is 0 Å². The molecule has 1 aromatic heterocycles. The van der Waals surface area contributed by atoms with Crippen LogP contribution in [0.15, 0.2) is 23.6 Å². The fourth-order valence-electron chi connectivity index (χ4n) is 2.75. The summed E-state index contributed by atoms with van der Waals surface area (Å²) < 4.78 is 1.47. The second-order valence-corrected chi connectivity index (χ2v) is 5.97. The molecule has 3 rings (SSSR count). The van der Waals surface area contributed by atoms with Crippen LogP contribution in [-0.4, -0.2) is 25.0 Å². The van der Waals surface area contributed by atoms with E-state index < -0.39 is 0 Å². The lowest BCUT2D eigenvalue weighted by molar-refractivity contribution is 0.329. The highest BCUT2D eigenvalue weighted by Crippen LogP contribution is 2.31. The summed E-state index contributed by atoms with van der Waals surface area (Å²) in [5.41, 5.74) is 3.14. The molecule has 0 radical (unpaired) electrons. The lowest BCUT2D eigenvalue weighted by Gasteiger charge is -2.18. The molecule has 0 saturated heterocycles. The van der Waals surface area contributed by atoms with Gasteiger partial charge in [-0.25, -0.2) is 0 Å². The third-order valence-electron chi connectivity index (χ3n) is 3.76. The second-order valence-electron chi connectivity index (χ2n) is 5.06. The van der Waals surface area contributed by atoms with Gasteiger partial charge in [-0.05, 0) is 67.2 Å². The van der Waals surface area contributed by atoms with E-state index >= 15 is 0 Å². The van der Waals surface area contributed by atoms with Gasteiger partial charge in [-0.2, -0.15) is 0 Å². The highest BCUT2D eigenvalue weighted by molar-refractivity contribution is 7.17. The predicted molar refractivity (Wildman–Crippen MR) is 76.0 cm³/mol. The van der Waals surface area contributed by atoms with Gasteiger partial charge in [-0.1, -0.05) is 12.1 Å². The number of benzene rings is 1. The normalized spacial score (nSPS) is 18.4. The van der Waals surface area contributed by atoms with Crippen molar-refractivity contribution in [3.63, 3.8) is 0 Å². The lowest BCUT2D eigenvalue weighted by atomic mass is 9.99. The van der Waals surface area contributed by atoms with E-state index in [4.69, 9.17) is 0 Å². The highest BCUT2D eigenvalue weighted by Gasteiger charge is 2.11. The monoisotopic (exact) mass is 245 g/mol.